The molecule has 3 aromatic rings. The van der Waals surface area contributed by atoms with Gasteiger partial charge in [0, 0.05) is 17.1 Å². The minimum atomic E-state index is -0.526. The van der Waals surface area contributed by atoms with E-state index < -0.39 is 11.8 Å². The second-order valence-corrected chi connectivity index (χ2v) is 8.25. The summed E-state index contributed by atoms with van der Waals surface area (Å²) in [6.45, 7) is 3.85. The van der Waals surface area contributed by atoms with Crippen LogP contribution in [0.4, 0.5) is 5.69 Å². The molecule has 0 atom stereocenters. The second-order valence-electron chi connectivity index (χ2n) is 7.05. The van der Waals surface area contributed by atoms with Crippen LogP contribution in [-0.4, -0.2) is 21.5 Å². The van der Waals surface area contributed by atoms with Crippen LogP contribution < -0.4 is 10.2 Å². The number of benzene rings is 2. The average molecular weight is 470 g/mol. The maximum Gasteiger partial charge on any atom is 0.270 e. The van der Waals surface area contributed by atoms with E-state index in [1.807, 2.05) is 36.6 Å². The molecule has 0 spiro atoms. The van der Waals surface area contributed by atoms with Gasteiger partial charge in [0.25, 0.3) is 11.8 Å². The average Bonchev–Trinajstić information content (AvgIpc) is 3.01. The molecule has 0 saturated carbocycles. The number of para-hydroxylation sites is 1. The largest absolute Gasteiger partial charge is 0.318 e. The molecule has 0 aliphatic carbocycles. The Labute approximate surface area is 194 Å². The van der Waals surface area contributed by atoms with Crippen LogP contribution in [-0.2, 0) is 9.59 Å². The Morgan fingerprint density at radius 2 is 1.65 bits per heavy atom. The quantitative estimate of drug-likeness (QED) is 0.324. The number of amides is 2. The topological polar surface area (TPSA) is 54.3 Å². The number of nitrogens with one attached hydrogen (secondary N) is 1. The predicted molar refractivity (Wildman–Crippen MR) is 128 cm³/mol. The minimum Gasteiger partial charge on any atom is -0.318 e. The molecule has 1 fully saturated rings. The van der Waals surface area contributed by atoms with Crippen molar-refractivity contribution in [2.75, 3.05) is 4.90 Å². The molecule has 5 nitrogen and oxygen atoms in total. The fourth-order valence-corrected chi connectivity index (χ4v) is 4.15. The van der Waals surface area contributed by atoms with Crippen LogP contribution in [0.5, 0.6) is 0 Å². The van der Waals surface area contributed by atoms with Crippen molar-refractivity contribution in [3.63, 3.8) is 0 Å². The Balaban J connectivity index is 1.77. The summed E-state index contributed by atoms with van der Waals surface area (Å²) in [7, 11) is 0. The highest BCUT2D eigenvalue weighted by atomic mass is 35.5. The third-order valence-electron chi connectivity index (χ3n) is 5.05. The Morgan fingerprint density at radius 3 is 2.32 bits per heavy atom. The minimum absolute atomic E-state index is 0.00633. The lowest BCUT2D eigenvalue weighted by molar-refractivity contribution is -0.122. The second kappa shape index (κ2) is 8.30. The van der Waals surface area contributed by atoms with Gasteiger partial charge in [-0.3, -0.25) is 19.8 Å². The van der Waals surface area contributed by atoms with E-state index in [2.05, 4.69) is 5.32 Å². The van der Waals surface area contributed by atoms with Crippen molar-refractivity contribution in [3.8, 4) is 5.69 Å². The van der Waals surface area contributed by atoms with Crippen molar-refractivity contribution < 1.29 is 9.59 Å². The molecule has 0 radical (unpaired) electrons. The Bertz CT molecular complexity index is 1270. The summed E-state index contributed by atoms with van der Waals surface area (Å²) in [4.78, 5) is 27.1. The Kier molecular flexibility index (Phi) is 5.71. The number of thiocarbonyl (C=S) groups is 1. The number of nitrogens with zero attached hydrogens (tertiary/aromatic N) is 2. The van der Waals surface area contributed by atoms with Crippen molar-refractivity contribution >= 4 is 64.1 Å². The van der Waals surface area contributed by atoms with E-state index in [1.54, 1.807) is 42.5 Å². The molecule has 8 heteroatoms. The zero-order chi connectivity index (χ0) is 22.3. The van der Waals surface area contributed by atoms with Gasteiger partial charge in [-0.25, -0.2) is 0 Å². The van der Waals surface area contributed by atoms with Crippen LogP contribution in [0.2, 0.25) is 10.0 Å². The van der Waals surface area contributed by atoms with Crippen LogP contribution in [0.15, 0.2) is 60.2 Å². The first-order valence-electron chi connectivity index (χ1n) is 9.39. The molecular weight excluding hydrogens is 453 g/mol. The van der Waals surface area contributed by atoms with E-state index in [-0.39, 0.29) is 10.7 Å². The predicted octanol–water partition coefficient (Wildman–Crippen LogP) is 5.23. The molecule has 1 aromatic heterocycles. The normalized spacial score (nSPS) is 15.5. The summed E-state index contributed by atoms with van der Waals surface area (Å²) in [5, 5.41) is 3.57. The molecule has 0 bridgehead atoms. The molecule has 1 saturated heterocycles. The van der Waals surface area contributed by atoms with E-state index in [4.69, 9.17) is 35.4 Å². The Morgan fingerprint density at radius 1 is 0.935 bits per heavy atom. The van der Waals surface area contributed by atoms with Gasteiger partial charge in [0.15, 0.2) is 5.11 Å². The van der Waals surface area contributed by atoms with Crippen molar-refractivity contribution in [3.05, 3.63) is 87.2 Å². The summed E-state index contributed by atoms with van der Waals surface area (Å²) in [6, 6.07) is 16.2. The first-order chi connectivity index (χ1) is 14.8. The number of anilines is 1. The zero-order valence-electron chi connectivity index (χ0n) is 16.6. The van der Waals surface area contributed by atoms with Crippen LogP contribution >= 0.6 is 35.4 Å². The number of aryl methyl sites for hydroxylation is 1. The molecule has 2 heterocycles. The smallest absolute Gasteiger partial charge is 0.270 e. The number of carbonyl (C=O) groups excluding carboxylic acids is 2. The van der Waals surface area contributed by atoms with Crippen LogP contribution in [0, 0.1) is 13.8 Å². The van der Waals surface area contributed by atoms with Crippen molar-refractivity contribution in [1.29, 1.82) is 0 Å². The maximum absolute atomic E-state index is 13.2. The Hall–Kier alpha value is -2.93. The number of aromatic nitrogens is 1. The van der Waals surface area contributed by atoms with Gasteiger partial charge >= 0.3 is 0 Å². The van der Waals surface area contributed by atoms with E-state index in [9.17, 15) is 9.59 Å². The first-order valence-corrected chi connectivity index (χ1v) is 10.5. The van der Waals surface area contributed by atoms with Gasteiger partial charge in [-0.1, -0.05) is 41.4 Å². The number of hydrogen-bond donors (Lipinski definition) is 1. The van der Waals surface area contributed by atoms with Gasteiger partial charge in [-0.05, 0) is 74.1 Å². The lowest BCUT2D eigenvalue weighted by Crippen LogP contribution is -2.54. The van der Waals surface area contributed by atoms with E-state index in [0.717, 1.165) is 22.6 Å². The van der Waals surface area contributed by atoms with Gasteiger partial charge < -0.3 is 4.57 Å². The molecule has 4 rings (SSSR count). The number of halogens is 2. The third-order valence-corrected chi connectivity index (χ3v) is 6.07. The van der Waals surface area contributed by atoms with Crippen molar-refractivity contribution in [2.45, 2.75) is 13.8 Å². The lowest BCUT2D eigenvalue weighted by Gasteiger charge is -2.28. The van der Waals surface area contributed by atoms with Gasteiger partial charge in [0.1, 0.15) is 5.57 Å². The fourth-order valence-electron chi connectivity index (χ4n) is 3.58. The highest BCUT2D eigenvalue weighted by Crippen LogP contribution is 2.29. The van der Waals surface area contributed by atoms with Crippen molar-refractivity contribution in [1.82, 2.24) is 9.88 Å². The number of rotatable bonds is 3. The first kappa shape index (κ1) is 21.3. The SMILES string of the molecule is Cc1cc(C=C2C(=O)NC(=S)N(c3ccccc3)C2=O)c(C)n1-c1ccc(Cl)c(Cl)c1. The zero-order valence-corrected chi connectivity index (χ0v) is 19.0. The third kappa shape index (κ3) is 3.90. The molecule has 0 unspecified atom stereocenters. The molecule has 31 heavy (non-hydrogen) atoms. The lowest BCUT2D eigenvalue weighted by atomic mass is 10.1. The van der Waals surface area contributed by atoms with Crippen molar-refractivity contribution in [2.24, 2.45) is 0 Å². The molecule has 156 valence electrons. The number of hydrogen-bond acceptors (Lipinski definition) is 3. The van der Waals surface area contributed by atoms with Crippen LogP contribution in [0.3, 0.4) is 0 Å². The van der Waals surface area contributed by atoms with Gasteiger partial charge in [0.05, 0.1) is 15.7 Å². The fraction of sp³-hybridized carbons (Fsp3) is 0.0870. The van der Waals surface area contributed by atoms with Crippen LogP contribution in [0.1, 0.15) is 17.0 Å². The molecule has 2 amide bonds. The highest BCUT2D eigenvalue weighted by molar-refractivity contribution is 7.80. The molecular formula is C23H17Cl2N3O2S. The van der Waals surface area contributed by atoms with E-state index >= 15 is 0 Å². The molecule has 1 N–H and O–H groups in total. The maximum atomic E-state index is 13.2. The van der Waals surface area contributed by atoms with E-state index in [1.165, 1.54) is 4.90 Å². The summed E-state index contributed by atoms with van der Waals surface area (Å²) < 4.78 is 1.99. The monoisotopic (exact) mass is 469 g/mol. The summed E-state index contributed by atoms with van der Waals surface area (Å²) in [5.41, 5.74) is 3.94. The molecule has 1 aliphatic heterocycles. The van der Waals surface area contributed by atoms with Gasteiger partial charge in [-0.15, -0.1) is 0 Å². The van der Waals surface area contributed by atoms with Gasteiger partial charge in [-0.2, -0.15) is 0 Å². The molecule has 1 aliphatic rings. The summed E-state index contributed by atoms with van der Waals surface area (Å²) in [5.74, 6) is -0.999. The van der Waals surface area contributed by atoms with E-state index in [0.29, 0.717) is 15.7 Å². The van der Waals surface area contributed by atoms with Crippen LogP contribution in [0.25, 0.3) is 11.8 Å². The standard InChI is InChI=1S/C23H17Cl2N3O2S/c1-13-10-15(14(2)27(13)17-8-9-19(24)20(25)12-17)11-18-21(29)26-23(31)28(22(18)30)16-6-4-3-5-7-16/h3-12H,1-2H3,(H,26,29,31). The molecule has 2 aromatic carbocycles. The van der Waals surface area contributed by atoms with Gasteiger partial charge in [0.2, 0.25) is 0 Å². The number of carbonyl (C=O) groups is 2. The summed E-state index contributed by atoms with van der Waals surface area (Å²) >= 11 is 17.5. The highest BCUT2D eigenvalue weighted by Gasteiger charge is 2.34. The summed E-state index contributed by atoms with van der Waals surface area (Å²) in [6.07, 6.45) is 1.59.